The minimum Gasteiger partial charge on any atom is -0.338 e. The Balaban J connectivity index is 2.03. The van der Waals surface area contributed by atoms with Crippen molar-refractivity contribution in [2.45, 2.75) is 20.0 Å². The summed E-state index contributed by atoms with van der Waals surface area (Å²) in [5.41, 5.74) is 2.48. The highest BCUT2D eigenvalue weighted by Crippen LogP contribution is 2.21. The minimum absolute atomic E-state index is 0.602. The Morgan fingerprint density at radius 1 is 1.32 bits per heavy atom. The standard InChI is InChI=1S/C14H16N4O/c1-10-16-13(19-17-10)9-18-7-6-11-4-3-5-12(8-15-2)14(11)18/h3-7,15H,8-9H2,1-2H3. The molecule has 0 bridgehead atoms. The fourth-order valence-corrected chi connectivity index (χ4v) is 2.36. The Morgan fingerprint density at radius 2 is 2.21 bits per heavy atom. The summed E-state index contributed by atoms with van der Waals surface area (Å²) in [5, 5.41) is 8.25. The van der Waals surface area contributed by atoms with Crippen LogP contribution in [0.15, 0.2) is 35.0 Å². The van der Waals surface area contributed by atoms with E-state index in [9.17, 15) is 0 Å². The molecule has 0 fully saturated rings. The molecule has 1 N–H and O–H groups in total. The summed E-state index contributed by atoms with van der Waals surface area (Å²) in [7, 11) is 1.95. The molecule has 0 saturated carbocycles. The molecule has 98 valence electrons. The lowest BCUT2D eigenvalue weighted by molar-refractivity contribution is 0.369. The van der Waals surface area contributed by atoms with E-state index < -0.39 is 0 Å². The zero-order chi connectivity index (χ0) is 13.2. The van der Waals surface area contributed by atoms with Crippen LogP contribution in [0.2, 0.25) is 0 Å². The third kappa shape index (κ3) is 2.24. The zero-order valence-electron chi connectivity index (χ0n) is 11.1. The molecule has 0 spiro atoms. The molecule has 5 nitrogen and oxygen atoms in total. The smallest absolute Gasteiger partial charge is 0.246 e. The van der Waals surface area contributed by atoms with E-state index in [-0.39, 0.29) is 0 Å². The fraction of sp³-hybridized carbons (Fsp3) is 0.286. The van der Waals surface area contributed by atoms with Crippen LogP contribution in [0, 0.1) is 6.92 Å². The van der Waals surface area contributed by atoms with Crippen LogP contribution >= 0.6 is 0 Å². The molecule has 2 aromatic heterocycles. The summed E-state index contributed by atoms with van der Waals surface area (Å²) in [6.07, 6.45) is 2.06. The molecule has 0 amide bonds. The van der Waals surface area contributed by atoms with E-state index in [0.717, 1.165) is 6.54 Å². The van der Waals surface area contributed by atoms with Crippen LogP contribution in [0.4, 0.5) is 0 Å². The van der Waals surface area contributed by atoms with Crippen molar-refractivity contribution in [3.8, 4) is 0 Å². The number of nitrogens with one attached hydrogen (secondary N) is 1. The number of hydrogen-bond donors (Lipinski definition) is 1. The molecule has 19 heavy (non-hydrogen) atoms. The van der Waals surface area contributed by atoms with Crippen LogP contribution in [-0.4, -0.2) is 21.8 Å². The van der Waals surface area contributed by atoms with Gasteiger partial charge in [-0.25, -0.2) is 0 Å². The Morgan fingerprint density at radius 3 is 2.95 bits per heavy atom. The summed E-state index contributed by atoms with van der Waals surface area (Å²) in [6, 6.07) is 8.44. The molecule has 0 radical (unpaired) electrons. The highest BCUT2D eigenvalue weighted by Gasteiger charge is 2.09. The Labute approximate surface area is 111 Å². The first-order chi connectivity index (χ1) is 9.28. The highest BCUT2D eigenvalue weighted by atomic mass is 16.5. The number of rotatable bonds is 4. The van der Waals surface area contributed by atoms with Gasteiger partial charge in [-0.2, -0.15) is 4.98 Å². The Bertz CT molecular complexity index is 698. The van der Waals surface area contributed by atoms with E-state index in [1.807, 2.05) is 14.0 Å². The maximum atomic E-state index is 5.19. The monoisotopic (exact) mass is 256 g/mol. The van der Waals surface area contributed by atoms with Gasteiger partial charge in [0.25, 0.3) is 0 Å². The maximum absolute atomic E-state index is 5.19. The lowest BCUT2D eigenvalue weighted by Gasteiger charge is -2.07. The van der Waals surface area contributed by atoms with Gasteiger partial charge in [-0.1, -0.05) is 23.4 Å². The molecule has 0 atom stereocenters. The van der Waals surface area contributed by atoms with Crippen molar-refractivity contribution in [3.05, 3.63) is 47.7 Å². The van der Waals surface area contributed by atoms with Gasteiger partial charge in [0.1, 0.15) is 6.54 Å². The van der Waals surface area contributed by atoms with Crippen LogP contribution in [0.5, 0.6) is 0 Å². The number of aryl methyl sites for hydroxylation is 1. The molecule has 0 saturated heterocycles. The number of para-hydroxylation sites is 1. The number of nitrogens with zero attached hydrogens (tertiary/aromatic N) is 3. The van der Waals surface area contributed by atoms with E-state index >= 15 is 0 Å². The number of benzene rings is 1. The number of aromatic nitrogens is 3. The van der Waals surface area contributed by atoms with Gasteiger partial charge in [0.15, 0.2) is 5.82 Å². The topological polar surface area (TPSA) is 55.9 Å². The van der Waals surface area contributed by atoms with Gasteiger partial charge in [0.05, 0.1) is 5.52 Å². The summed E-state index contributed by atoms with van der Waals surface area (Å²) < 4.78 is 7.34. The number of hydrogen-bond acceptors (Lipinski definition) is 4. The third-order valence-corrected chi connectivity index (χ3v) is 3.11. The molecule has 0 aliphatic carbocycles. The molecule has 5 heteroatoms. The molecule has 1 aromatic carbocycles. The van der Waals surface area contributed by atoms with E-state index in [0.29, 0.717) is 18.3 Å². The molecular weight excluding hydrogens is 240 g/mol. The average molecular weight is 256 g/mol. The summed E-state index contributed by atoms with van der Waals surface area (Å²) in [4.78, 5) is 4.25. The second kappa shape index (κ2) is 4.85. The van der Waals surface area contributed by atoms with Crippen molar-refractivity contribution in [3.63, 3.8) is 0 Å². The van der Waals surface area contributed by atoms with Gasteiger partial charge in [-0.05, 0) is 31.0 Å². The summed E-state index contributed by atoms with van der Waals surface area (Å²) >= 11 is 0. The lowest BCUT2D eigenvalue weighted by atomic mass is 10.1. The predicted molar refractivity (Wildman–Crippen MR) is 72.8 cm³/mol. The molecule has 2 heterocycles. The normalized spacial score (nSPS) is 11.3. The van der Waals surface area contributed by atoms with Crippen molar-refractivity contribution in [1.82, 2.24) is 20.0 Å². The van der Waals surface area contributed by atoms with Crippen molar-refractivity contribution >= 4 is 10.9 Å². The van der Waals surface area contributed by atoms with Crippen molar-refractivity contribution < 1.29 is 4.52 Å². The molecule has 3 rings (SSSR count). The van der Waals surface area contributed by atoms with E-state index in [2.05, 4.69) is 50.5 Å². The van der Waals surface area contributed by atoms with Gasteiger partial charge in [-0.3, -0.25) is 0 Å². The van der Waals surface area contributed by atoms with Crippen LogP contribution in [0.1, 0.15) is 17.3 Å². The first kappa shape index (κ1) is 11.9. The highest BCUT2D eigenvalue weighted by molar-refractivity contribution is 5.83. The fourth-order valence-electron chi connectivity index (χ4n) is 2.36. The van der Waals surface area contributed by atoms with Gasteiger partial charge in [0, 0.05) is 12.7 Å². The second-order valence-corrected chi connectivity index (χ2v) is 4.56. The lowest BCUT2D eigenvalue weighted by Crippen LogP contribution is -2.08. The van der Waals surface area contributed by atoms with Gasteiger partial charge in [0.2, 0.25) is 5.89 Å². The van der Waals surface area contributed by atoms with Crippen LogP contribution < -0.4 is 5.32 Å². The van der Waals surface area contributed by atoms with Gasteiger partial charge in [-0.15, -0.1) is 0 Å². The van der Waals surface area contributed by atoms with Crippen LogP contribution in [0.3, 0.4) is 0 Å². The van der Waals surface area contributed by atoms with Crippen molar-refractivity contribution in [1.29, 1.82) is 0 Å². The van der Waals surface area contributed by atoms with Crippen LogP contribution in [0.25, 0.3) is 10.9 Å². The third-order valence-electron chi connectivity index (χ3n) is 3.11. The largest absolute Gasteiger partial charge is 0.338 e. The average Bonchev–Trinajstić information content (AvgIpc) is 2.98. The zero-order valence-corrected chi connectivity index (χ0v) is 11.1. The van der Waals surface area contributed by atoms with Gasteiger partial charge < -0.3 is 14.4 Å². The summed E-state index contributed by atoms with van der Waals surface area (Å²) in [6.45, 7) is 3.27. The Kier molecular flexibility index (Phi) is 3.05. The molecule has 0 aliphatic heterocycles. The van der Waals surface area contributed by atoms with Crippen LogP contribution in [-0.2, 0) is 13.1 Å². The van der Waals surface area contributed by atoms with Crippen molar-refractivity contribution in [2.75, 3.05) is 7.05 Å². The molecular formula is C14H16N4O. The second-order valence-electron chi connectivity index (χ2n) is 4.56. The molecule has 0 unspecified atom stereocenters. The van der Waals surface area contributed by atoms with Gasteiger partial charge >= 0.3 is 0 Å². The Hall–Kier alpha value is -2.14. The van der Waals surface area contributed by atoms with E-state index in [4.69, 9.17) is 4.52 Å². The first-order valence-corrected chi connectivity index (χ1v) is 6.28. The van der Waals surface area contributed by atoms with E-state index in [1.165, 1.54) is 16.5 Å². The first-order valence-electron chi connectivity index (χ1n) is 6.28. The minimum atomic E-state index is 0.602. The molecule has 3 aromatic rings. The maximum Gasteiger partial charge on any atom is 0.246 e. The number of fused-ring (bicyclic) bond motifs is 1. The molecule has 0 aliphatic rings. The predicted octanol–water partition coefficient (Wildman–Crippen LogP) is 2.10. The van der Waals surface area contributed by atoms with E-state index in [1.54, 1.807) is 0 Å². The SMILES string of the molecule is CNCc1cccc2ccn(Cc3nc(C)no3)c12. The quantitative estimate of drug-likeness (QED) is 0.776. The van der Waals surface area contributed by atoms with Crippen molar-refractivity contribution in [2.24, 2.45) is 0 Å². The summed E-state index contributed by atoms with van der Waals surface area (Å²) in [5.74, 6) is 1.30.